The minimum atomic E-state index is -1.24. The van der Waals surface area contributed by atoms with Crippen LogP contribution >= 0.6 is 11.6 Å². The summed E-state index contributed by atoms with van der Waals surface area (Å²) in [5, 5.41) is 10.8. The summed E-state index contributed by atoms with van der Waals surface area (Å²) in [4.78, 5) is 37.5. The molecule has 1 heterocycles. The Morgan fingerprint density at radius 3 is 2.37 bits per heavy atom. The Labute approximate surface area is 207 Å². The maximum Gasteiger partial charge on any atom is 0.417 e. The number of carbonyl (C=O) groups excluding carboxylic acids is 1. The Balaban J connectivity index is 2.02. The summed E-state index contributed by atoms with van der Waals surface area (Å²) in [7, 11) is 0. The Hall–Kier alpha value is -3.30. The van der Waals surface area contributed by atoms with Gasteiger partial charge in [0.15, 0.2) is 0 Å². The average molecular weight is 503 g/mol. The van der Waals surface area contributed by atoms with Crippen molar-refractivity contribution in [2.45, 2.75) is 52.2 Å². The van der Waals surface area contributed by atoms with Crippen LogP contribution in [0.3, 0.4) is 0 Å². The van der Waals surface area contributed by atoms with Crippen molar-refractivity contribution in [3.05, 3.63) is 74.9 Å². The van der Waals surface area contributed by atoms with Gasteiger partial charge in [0.05, 0.1) is 5.60 Å². The van der Waals surface area contributed by atoms with Crippen molar-refractivity contribution in [1.29, 1.82) is 0 Å². The molecule has 0 unspecified atom stereocenters. The van der Waals surface area contributed by atoms with Crippen LogP contribution in [0.1, 0.15) is 45.7 Å². The third-order valence-electron chi connectivity index (χ3n) is 4.93. The lowest BCUT2D eigenvalue weighted by Gasteiger charge is -2.26. The zero-order valence-electron chi connectivity index (χ0n) is 20.2. The van der Waals surface area contributed by atoms with Crippen molar-refractivity contribution in [3.63, 3.8) is 0 Å². The van der Waals surface area contributed by atoms with Gasteiger partial charge in [-0.1, -0.05) is 23.7 Å². The van der Waals surface area contributed by atoms with E-state index >= 15 is 0 Å². The molecule has 0 aliphatic heterocycles. The molecule has 3 rings (SSSR count). The van der Waals surface area contributed by atoms with Crippen LogP contribution in [0.15, 0.2) is 47.3 Å². The first kappa shape index (κ1) is 26.3. The molecule has 2 N–H and O–H groups in total. The monoisotopic (exact) mass is 502 g/mol. The maximum absolute atomic E-state index is 13.3. The number of hydrogen-bond acceptors (Lipinski definition) is 6. The smallest absolute Gasteiger partial charge is 0.417 e. The molecule has 0 fully saturated rings. The first-order chi connectivity index (χ1) is 16.2. The third-order valence-corrected chi connectivity index (χ3v) is 5.26. The van der Waals surface area contributed by atoms with Gasteiger partial charge in [0.2, 0.25) is 5.95 Å². The van der Waals surface area contributed by atoms with Gasteiger partial charge in [-0.15, -0.1) is 0 Å². The van der Waals surface area contributed by atoms with Gasteiger partial charge >= 0.3 is 11.8 Å². The molecular weight excluding hydrogens is 475 g/mol. The number of rotatable bonds is 6. The van der Waals surface area contributed by atoms with E-state index in [1.54, 1.807) is 65.0 Å². The second-order valence-corrected chi connectivity index (χ2v) is 9.97. The van der Waals surface area contributed by atoms with Gasteiger partial charge in [0, 0.05) is 22.7 Å². The summed E-state index contributed by atoms with van der Waals surface area (Å²) in [6, 6.07) is 10.7. The van der Waals surface area contributed by atoms with Crippen LogP contribution in [0.2, 0.25) is 5.02 Å². The van der Waals surface area contributed by atoms with Gasteiger partial charge in [0.1, 0.15) is 17.2 Å². The van der Waals surface area contributed by atoms with Crippen LogP contribution in [0.25, 0.3) is 11.4 Å². The topological polar surface area (TPSA) is 108 Å². The number of anilines is 1. The predicted octanol–water partition coefficient (Wildman–Crippen LogP) is 4.84. The van der Waals surface area contributed by atoms with Crippen molar-refractivity contribution in [2.24, 2.45) is 0 Å². The van der Waals surface area contributed by atoms with E-state index in [0.29, 0.717) is 22.6 Å². The number of aliphatic hydroxyl groups is 1. The Morgan fingerprint density at radius 2 is 1.77 bits per heavy atom. The van der Waals surface area contributed by atoms with Crippen molar-refractivity contribution in [3.8, 4) is 11.4 Å². The third kappa shape index (κ3) is 7.10. The summed E-state index contributed by atoms with van der Waals surface area (Å²) in [5.74, 6) is -0.383. The zero-order chi connectivity index (χ0) is 26.0. The largest absolute Gasteiger partial charge is 0.443 e. The number of benzene rings is 2. The highest BCUT2D eigenvalue weighted by molar-refractivity contribution is 6.31. The van der Waals surface area contributed by atoms with Gasteiger partial charge in [-0.2, -0.15) is 9.97 Å². The van der Waals surface area contributed by atoms with Crippen LogP contribution in [0, 0.1) is 5.82 Å². The van der Waals surface area contributed by atoms with E-state index < -0.39 is 23.0 Å². The van der Waals surface area contributed by atoms with Crippen molar-refractivity contribution >= 4 is 23.6 Å². The molecule has 2 aromatic carbocycles. The zero-order valence-corrected chi connectivity index (χ0v) is 21.0. The number of carbonyl (C=O) groups is 1. The van der Waals surface area contributed by atoms with Gasteiger partial charge in [-0.25, -0.2) is 18.9 Å². The fourth-order valence-corrected chi connectivity index (χ4v) is 3.60. The number of aromatic nitrogens is 3. The summed E-state index contributed by atoms with van der Waals surface area (Å²) < 4.78 is 18.8. The van der Waals surface area contributed by atoms with E-state index in [-0.39, 0.29) is 24.1 Å². The van der Waals surface area contributed by atoms with Crippen molar-refractivity contribution in [2.75, 3.05) is 11.4 Å². The fourth-order valence-electron chi connectivity index (χ4n) is 3.25. The molecule has 0 bridgehead atoms. The molecule has 0 saturated heterocycles. The molecule has 10 heteroatoms. The van der Waals surface area contributed by atoms with Crippen molar-refractivity contribution in [1.82, 2.24) is 15.0 Å². The molecule has 186 valence electrons. The van der Waals surface area contributed by atoms with Crippen LogP contribution in [-0.2, 0) is 16.8 Å². The average Bonchev–Trinajstić information content (AvgIpc) is 2.73. The molecular formula is C25H28ClFN4O4. The number of halogens is 2. The molecule has 0 spiro atoms. The van der Waals surface area contributed by atoms with E-state index in [4.69, 9.17) is 16.3 Å². The number of ether oxygens (including phenoxy) is 1. The molecule has 35 heavy (non-hydrogen) atoms. The highest BCUT2D eigenvalue weighted by Crippen LogP contribution is 2.31. The molecule has 8 nitrogen and oxygen atoms in total. The number of aromatic amines is 1. The summed E-state index contributed by atoms with van der Waals surface area (Å²) in [6.07, 6.45) is -0.390. The standard InChI is InChI=1S/C25H28ClFN4O4/c1-24(2,3)35-23(33)31(13-12-15-6-9-17(27)10-7-15)21-28-20(29-22(32)30-21)16-8-11-19(26)18(14-16)25(4,5)34/h6-11,14,34H,12-13H2,1-5H3,(H,28,29,30,32). The molecule has 3 aromatic rings. The van der Waals surface area contributed by atoms with E-state index in [2.05, 4.69) is 15.0 Å². The number of nitrogens with zero attached hydrogens (tertiary/aromatic N) is 3. The molecule has 0 aliphatic carbocycles. The van der Waals surface area contributed by atoms with Crippen LogP contribution < -0.4 is 10.6 Å². The summed E-state index contributed by atoms with van der Waals surface area (Å²) in [6.45, 7) is 8.42. The minimum Gasteiger partial charge on any atom is -0.443 e. The van der Waals surface area contributed by atoms with Gasteiger partial charge in [-0.05, 0) is 76.9 Å². The number of H-pyrrole nitrogens is 1. The molecule has 0 atom stereocenters. The molecule has 1 amide bonds. The van der Waals surface area contributed by atoms with E-state index in [0.717, 1.165) is 5.56 Å². The van der Waals surface area contributed by atoms with Crippen LogP contribution in [-0.4, -0.2) is 38.3 Å². The second kappa shape index (κ2) is 10.1. The first-order valence-corrected chi connectivity index (χ1v) is 11.4. The lowest BCUT2D eigenvalue weighted by atomic mass is 9.96. The predicted molar refractivity (Wildman–Crippen MR) is 132 cm³/mol. The van der Waals surface area contributed by atoms with E-state index in [1.165, 1.54) is 17.0 Å². The highest BCUT2D eigenvalue weighted by atomic mass is 35.5. The summed E-state index contributed by atoms with van der Waals surface area (Å²) >= 11 is 6.24. The summed E-state index contributed by atoms with van der Waals surface area (Å²) in [5.41, 5.74) is -1.07. The van der Waals surface area contributed by atoms with Crippen LogP contribution in [0.5, 0.6) is 0 Å². The Kier molecular flexibility index (Phi) is 7.62. The number of nitrogens with one attached hydrogen (secondary N) is 1. The highest BCUT2D eigenvalue weighted by Gasteiger charge is 2.27. The molecule has 1 aromatic heterocycles. The normalized spacial score (nSPS) is 11.9. The van der Waals surface area contributed by atoms with E-state index in [1.807, 2.05) is 0 Å². The maximum atomic E-state index is 13.3. The molecule has 0 aliphatic rings. The number of hydrogen-bond donors (Lipinski definition) is 2. The molecule has 0 saturated carbocycles. The quantitative estimate of drug-likeness (QED) is 0.499. The lowest BCUT2D eigenvalue weighted by molar-refractivity contribution is 0.0578. The fraction of sp³-hybridized carbons (Fsp3) is 0.360. The molecule has 0 radical (unpaired) electrons. The van der Waals surface area contributed by atoms with Crippen LogP contribution in [0.4, 0.5) is 15.1 Å². The SMILES string of the molecule is CC(C)(C)OC(=O)N(CCc1ccc(F)cc1)c1nc(-c2ccc(Cl)c(C(C)(C)O)c2)[nH]c(=O)n1. The first-order valence-electron chi connectivity index (χ1n) is 11.0. The second-order valence-electron chi connectivity index (χ2n) is 9.56. The van der Waals surface area contributed by atoms with Gasteiger partial charge in [0.25, 0.3) is 0 Å². The lowest BCUT2D eigenvalue weighted by Crippen LogP contribution is -2.40. The van der Waals surface area contributed by atoms with Crippen molar-refractivity contribution < 1.29 is 19.0 Å². The van der Waals surface area contributed by atoms with E-state index in [9.17, 15) is 19.1 Å². The van der Waals surface area contributed by atoms with Gasteiger partial charge < -0.3 is 9.84 Å². The Morgan fingerprint density at radius 1 is 1.11 bits per heavy atom. The van der Waals surface area contributed by atoms with Gasteiger partial charge in [-0.3, -0.25) is 4.98 Å². The number of amides is 1. The Bertz CT molecular complexity index is 1260. The minimum absolute atomic E-state index is 0.0823.